The Morgan fingerprint density at radius 1 is 1.09 bits per heavy atom. The first-order valence-electron chi connectivity index (χ1n) is 10.5. The van der Waals surface area contributed by atoms with Crippen molar-refractivity contribution in [1.29, 1.82) is 0 Å². The number of hydrogen-bond acceptors (Lipinski definition) is 7. The molecule has 0 saturated carbocycles. The highest BCUT2D eigenvalue weighted by Crippen LogP contribution is 2.35. The molecule has 0 radical (unpaired) electrons. The van der Waals surface area contributed by atoms with Crippen LogP contribution in [-0.2, 0) is 16.1 Å². The number of anilines is 1. The highest BCUT2D eigenvalue weighted by molar-refractivity contribution is 7.98. The topological polar surface area (TPSA) is 90.2 Å². The molecule has 170 valence electrons. The first-order chi connectivity index (χ1) is 16.0. The number of thiazole rings is 1. The van der Waals surface area contributed by atoms with Gasteiger partial charge in [-0.2, -0.15) is 16.8 Å². The van der Waals surface area contributed by atoms with Gasteiger partial charge in [-0.25, -0.2) is 0 Å². The average Bonchev–Trinajstić information content (AvgIpc) is 3.33. The van der Waals surface area contributed by atoms with Gasteiger partial charge in [0.25, 0.3) is 5.91 Å². The van der Waals surface area contributed by atoms with E-state index in [1.807, 2.05) is 23.0 Å². The summed E-state index contributed by atoms with van der Waals surface area (Å²) >= 11 is 3.12. The van der Waals surface area contributed by atoms with Crippen molar-refractivity contribution in [2.75, 3.05) is 30.1 Å². The molecule has 2 aliphatic heterocycles. The van der Waals surface area contributed by atoms with Crippen LogP contribution in [0.3, 0.4) is 0 Å². The predicted molar refractivity (Wildman–Crippen MR) is 127 cm³/mol. The van der Waals surface area contributed by atoms with Crippen LogP contribution in [0.5, 0.6) is 11.5 Å². The van der Waals surface area contributed by atoms with Crippen LogP contribution < -0.4 is 19.2 Å². The summed E-state index contributed by atoms with van der Waals surface area (Å²) in [6, 6.07) is 10.4. The van der Waals surface area contributed by atoms with Crippen LogP contribution in [-0.4, -0.2) is 47.5 Å². The molecule has 0 N–H and O–H groups in total. The molecule has 5 rings (SSSR count). The van der Waals surface area contributed by atoms with Crippen molar-refractivity contribution in [2.45, 2.75) is 19.4 Å². The number of carbonyl (C=O) groups is 3. The van der Waals surface area contributed by atoms with Crippen molar-refractivity contribution in [3.8, 4) is 11.5 Å². The van der Waals surface area contributed by atoms with E-state index in [1.54, 1.807) is 36.0 Å². The average molecular weight is 484 g/mol. The maximum absolute atomic E-state index is 13.1. The molecular formula is C23H21N3O5S2. The summed E-state index contributed by atoms with van der Waals surface area (Å²) in [7, 11) is 0. The number of aromatic nitrogens is 1. The largest absolute Gasteiger partial charge is 0.486 e. The minimum atomic E-state index is -0.433. The first kappa shape index (κ1) is 21.7. The van der Waals surface area contributed by atoms with E-state index in [9.17, 15) is 14.4 Å². The SMILES string of the molecule is CSCCn1c(=NC(=O)c2cccc(N3C(=O)CCC3=O)c2)sc2cc3c(cc21)OCCO3. The predicted octanol–water partition coefficient (Wildman–Crippen LogP) is 3.23. The lowest BCUT2D eigenvalue weighted by atomic mass is 10.2. The molecule has 1 saturated heterocycles. The molecule has 0 bridgehead atoms. The van der Waals surface area contributed by atoms with Gasteiger partial charge in [-0.05, 0) is 24.5 Å². The van der Waals surface area contributed by atoms with Gasteiger partial charge >= 0.3 is 0 Å². The number of rotatable bonds is 5. The third-order valence-electron chi connectivity index (χ3n) is 5.47. The second-order valence-corrected chi connectivity index (χ2v) is 9.58. The number of imide groups is 1. The molecule has 1 aromatic heterocycles. The third kappa shape index (κ3) is 4.16. The number of hydrogen-bond donors (Lipinski definition) is 0. The number of thioether (sulfide) groups is 1. The van der Waals surface area contributed by atoms with Gasteiger partial charge in [-0.1, -0.05) is 17.4 Å². The van der Waals surface area contributed by atoms with E-state index in [4.69, 9.17) is 9.47 Å². The Morgan fingerprint density at radius 3 is 2.55 bits per heavy atom. The summed E-state index contributed by atoms with van der Waals surface area (Å²) in [5, 5.41) is 0. The molecule has 2 aromatic carbocycles. The van der Waals surface area contributed by atoms with Crippen LogP contribution in [0.2, 0.25) is 0 Å². The second kappa shape index (κ2) is 9.03. The van der Waals surface area contributed by atoms with E-state index in [2.05, 4.69) is 4.99 Å². The van der Waals surface area contributed by atoms with Crippen LogP contribution in [0.25, 0.3) is 10.2 Å². The lowest BCUT2D eigenvalue weighted by molar-refractivity contribution is -0.121. The number of nitrogens with zero attached hydrogens (tertiary/aromatic N) is 3. The molecule has 3 heterocycles. The highest BCUT2D eigenvalue weighted by atomic mass is 32.2. The summed E-state index contributed by atoms with van der Waals surface area (Å²) in [6.07, 6.45) is 2.41. The quantitative estimate of drug-likeness (QED) is 0.518. The maximum atomic E-state index is 13.1. The summed E-state index contributed by atoms with van der Waals surface area (Å²) < 4.78 is 14.4. The van der Waals surface area contributed by atoms with E-state index in [1.165, 1.54) is 11.3 Å². The standard InChI is InChI=1S/C23H21N3O5S2/c1-32-10-7-25-16-12-17-18(31-9-8-30-17)13-19(16)33-23(25)24-22(29)14-3-2-4-15(11-14)26-20(27)5-6-21(26)28/h2-4,11-13H,5-10H2,1H3. The first-order valence-corrected chi connectivity index (χ1v) is 12.7. The number of ether oxygens (including phenoxy) is 2. The summed E-state index contributed by atoms with van der Waals surface area (Å²) in [4.78, 5) is 43.4. The zero-order valence-electron chi connectivity index (χ0n) is 17.9. The van der Waals surface area contributed by atoms with Gasteiger partial charge in [0.2, 0.25) is 11.8 Å². The number of benzene rings is 2. The van der Waals surface area contributed by atoms with E-state index < -0.39 is 5.91 Å². The molecule has 8 nitrogen and oxygen atoms in total. The Balaban J connectivity index is 1.55. The molecule has 0 spiro atoms. The van der Waals surface area contributed by atoms with Gasteiger partial charge < -0.3 is 14.0 Å². The van der Waals surface area contributed by atoms with Crippen molar-refractivity contribution in [2.24, 2.45) is 4.99 Å². The molecule has 33 heavy (non-hydrogen) atoms. The fourth-order valence-electron chi connectivity index (χ4n) is 3.88. The van der Waals surface area contributed by atoms with E-state index in [0.717, 1.165) is 20.9 Å². The molecular weight excluding hydrogens is 462 g/mol. The normalized spacial score (nSPS) is 16.2. The number of fused-ring (bicyclic) bond motifs is 2. The van der Waals surface area contributed by atoms with Crippen molar-refractivity contribution < 1.29 is 23.9 Å². The van der Waals surface area contributed by atoms with Crippen molar-refractivity contribution in [3.63, 3.8) is 0 Å². The molecule has 3 amide bonds. The fraction of sp³-hybridized carbons (Fsp3) is 0.304. The molecule has 0 unspecified atom stereocenters. The highest BCUT2D eigenvalue weighted by Gasteiger charge is 2.30. The summed E-state index contributed by atoms with van der Waals surface area (Å²) in [5.41, 5.74) is 1.66. The Bertz CT molecular complexity index is 1330. The van der Waals surface area contributed by atoms with Crippen molar-refractivity contribution in [3.05, 3.63) is 46.8 Å². The fourth-order valence-corrected chi connectivity index (χ4v) is 5.31. The van der Waals surface area contributed by atoms with Gasteiger partial charge in [0, 0.05) is 42.8 Å². The maximum Gasteiger partial charge on any atom is 0.279 e. The molecule has 10 heteroatoms. The van der Waals surface area contributed by atoms with E-state index in [0.29, 0.717) is 47.3 Å². The van der Waals surface area contributed by atoms with Gasteiger partial charge in [-0.15, -0.1) is 0 Å². The Hall–Kier alpha value is -3.11. The van der Waals surface area contributed by atoms with Gasteiger partial charge in [-0.3, -0.25) is 19.3 Å². The van der Waals surface area contributed by atoms with Crippen LogP contribution >= 0.6 is 23.1 Å². The Labute approximate surface area is 197 Å². The molecule has 3 aromatic rings. The number of amides is 3. The van der Waals surface area contributed by atoms with E-state index >= 15 is 0 Å². The molecule has 1 fully saturated rings. The lowest BCUT2D eigenvalue weighted by Gasteiger charge is -2.18. The number of carbonyl (C=O) groups excluding carboxylic acids is 3. The Kier molecular flexibility index (Phi) is 5.94. The van der Waals surface area contributed by atoms with Crippen LogP contribution in [0.4, 0.5) is 5.69 Å². The van der Waals surface area contributed by atoms with Crippen LogP contribution in [0.15, 0.2) is 41.4 Å². The minimum Gasteiger partial charge on any atom is -0.486 e. The van der Waals surface area contributed by atoms with Gasteiger partial charge in [0.05, 0.1) is 15.9 Å². The van der Waals surface area contributed by atoms with Gasteiger partial charge in [0.15, 0.2) is 16.3 Å². The van der Waals surface area contributed by atoms with E-state index in [-0.39, 0.29) is 24.7 Å². The van der Waals surface area contributed by atoms with Crippen molar-refractivity contribution >= 4 is 56.7 Å². The molecule has 0 aliphatic carbocycles. The summed E-state index contributed by atoms with van der Waals surface area (Å²) in [5.74, 6) is 1.30. The monoisotopic (exact) mass is 483 g/mol. The van der Waals surface area contributed by atoms with Crippen LogP contribution in [0, 0.1) is 0 Å². The summed E-state index contributed by atoms with van der Waals surface area (Å²) in [6.45, 7) is 1.69. The zero-order chi connectivity index (χ0) is 22.9. The third-order valence-corrected chi connectivity index (χ3v) is 7.10. The minimum absolute atomic E-state index is 0.190. The number of aryl methyl sites for hydroxylation is 1. The molecule has 2 aliphatic rings. The second-order valence-electron chi connectivity index (χ2n) is 7.58. The lowest BCUT2D eigenvalue weighted by Crippen LogP contribution is -2.28. The van der Waals surface area contributed by atoms with Crippen LogP contribution in [0.1, 0.15) is 23.2 Å². The molecule has 0 atom stereocenters. The smallest absolute Gasteiger partial charge is 0.279 e. The van der Waals surface area contributed by atoms with Gasteiger partial charge in [0.1, 0.15) is 13.2 Å². The Morgan fingerprint density at radius 2 is 1.82 bits per heavy atom. The zero-order valence-corrected chi connectivity index (χ0v) is 19.5. The van der Waals surface area contributed by atoms with Crippen molar-refractivity contribution in [1.82, 2.24) is 4.57 Å².